The second-order valence-corrected chi connectivity index (χ2v) is 11.2. The largest absolute Gasteiger partial charge is 0.484 e. The lowest BCUT2D eigenvalue weighted by atomic mass is 10.1. The molecule has 14 heteroatoms. The van der Waals surface area contributed by atoms with Gasteiger partial charge in [-0.05, 0) is 42.5 Å². The van der Waals surface area contributed by atoms with E-state index in [-0.39, 0.29) is 45.0 Å². The van der Waals surface area contributed by atoms with Crippen molar-refractivity contribution in [2.24, 2.45) is 7.05 Å². The van der Waals surface area contributed by atoms with Gasteiger partial charge < -0.3 is 4.74 Å². The monoisotopic (exact) mass is 652 g/mol. The van der Waals surface area contributed by atoms with Crippen molar-refractivity contribution in [3.05, 3.63) is 114 Å². The minimum absolute atomic E-state index is 0.113. The Morgan fingerprint density at radius 3 is 2.44 bits per heavy atom. The van der Waals surface area contributed by atoms with Crippen LogP contribution in [-0.4, -0.2) is 30.9 Å². The Bertz CT molecular complexity index is 2040. The molecule has 1 N–H and O–H groups in total. The van der Waals surface area contributed by atoms with E-state index >= 15 is 0 Å². The van der Waals surface area contributed by atoms with E-state index in [9.17, 15) is 19.6 Å². The summed E-state index contributed by atoms with van der Waals surface area (Å²) in [7, 11) is 1.46. The molecule has 0 radical (unpaired) electrons. The molecule has 5 aromatic rings. The highest BCUT2D eigenvalue weighted by atomic mass is 35.5. The van der Waals surface area contributed by atoms with Crippen LogP contribution in [0.3, 0.4) is 0 Å². The Balaban J connectivity index is 1.42. The minimum Gasteiger partial charge on any atom is -0.484 e. The molecule has 0 bridgehead atoms. The van der Waals surface area contributed by atoms with Crippen LogP contribution >= 0.6 is 46.6 Å². The second kappa shape index (κ2) is 12.9. The van der Waals surface area contributed by atoms with Gasteiger partial charge in [0, 0.05) is 22.7 Å². The van der Waals surface area contributed by atoms with Crippen molar-refractivity contribution in [3.63, 3.8) is 0 Å². The fourth-order valence-electron chi connectivity index (χ4n) is 4.04. The normalized spacial score (nSPS) is 10.9. The van der Waals surface area contributed by atoms with Crippen molar-refractivity contribution >= 4 is 63.4 Å². The lowest BCUT2D eigenvalue weighted by molar-refractivity contribution is -0.114. The van der Waals surface area contributed by atoms with Crippen molar-refractivity contribution in [1.82, 2.24) is 19.2 Å². The summed E-state index contributed by atoms with van der Waals surface area (Å²) in [5.74, 6) is -0.385. The number of ether oxygens (including phenoxy) is 1. The topological polar surface area (TPSA) is 132 Å². The van der Waals surface area contributed by atoms with Gasteiger partial charge in [0.2, 0.25) is 5.91 Å². The van der Waals surface area contributed by atoms with Crippen LogP contribution in [0.25, 0.3) is 22.2 Å². The van der Waals surface area contributed by atoms with Crippen LogP contribution in [0, 0.1) is 11.3 Å². The van der Waals surface area contributed by atoms with E-state index in [0.717, 1.165) is 16.4 Å². The highest BCUT2D eigenvalue weighted by Gasteiger charge is 2.19. The number of rotatable bonds is 8. The van der Waals surface area contributed by atoms with Gasteiger partial charge in [-0.2, -0.15) is 9.94 Å². The quantitative estimate of drug-likeness (QED) is 0.173. The molecule has 0 aliphatic carbocycles. The first-order valence-electron chi connectivity index (χ1n) is 12.4. The number of aromatic nitrogens is 4. The van der Waals surface area contributed by atoms with Gasteiger partial charge in [0.1, 0.15) is 24.0 Å². The molecule has 0 saturated heterocycles. The summed E-state index contributed by atoms with van der Waals surface area (Å²) in [5, 5.41) is 11.3. The molecular formula is C29H19Cl3N6O4S. The van der Waals surface area contributed by atoms with Crippen molar-refractivity contribution < 1.29 is 9.53 Å². The van der Waals surface area contributed by atoms with Gasteiger partial charge in [0.15, 0.2) is 11.0 Å². The van der Waals surface area contributed by atoms with Gasteiger partial charge >= 0.3 is 0 Å². The molecule has 5 rings (SSSR count). The third kappa shape index (κ3) is 6.53. The number of fused-ring (bicyclic) bond motifs is 1. The summed E-state index contributed by atoms with van der Waals surface area (Å²) < 4.78 is 8.00. The van der Waals surface area contributed by atoms with E-state index in [0.29, 0.717) is 26.9 Å². The average Bonchev–Trinajstić information content (AvgIpc) is 2.99. The molecule has 3 aromatic carbocycles. The van der Waals surface area contributed by atoms with Gasteiger partial charge in [0.05, 0.1) is 27.4 Å². The molecular weight excluding hydrogens is 635 g/mol. The number of halogens is 3. The highest BCUT2D eigenvalue weighted by molar-refractivity contribution is 7.99. The van der Waals surface area contributed by atoms with Gasteiger partial charge in [-0.1, -0.05) is 70.8 Å². The lowest BCUT2D eigenvalue weighted by Gasteiger charge is -2.16. The summed E-state index contributed by atoms with van der Waals surface area (Å²) in [6.45, 7) is -0.203. The molecule has 0 unspecified atom stereocenters. The van der Waals surface area contributed by atoms with Crippen molar-refractivity contribution in [3.8, 4) is 23.1 Å². The molecule has 1 amide bonds. The molecule has 10 nitrogen and oxygen atoms in total. The van der Waals surface area contributed by atoms with Crippen molar-refractivity contribution in [1.29, 1.82) is 5.26 Å². The van der Waals surface area contributed by atoms with Gasteiger partial charge in [-0.25, -0.2) is 9.97 Å². The van der Waals surface area contributed by atoms with E-state index < -0.39 is 17.0 Å². The summed E-state index contributed by atoms with van der Waals surface area (Å²) in [6.07, 6.45) is 0. The zero-order valence-corrected chi connectivity index (χ0v) is 25.3. The smallest absolute Gasteiger partial charge is 0.280 e. The number of nitrogens with one attached hydrogen (secondary N) is 1. The number of carbonyl (C=O) groups excluding carboxylic acids is 1. The average molecular weight is 654 g/mol. The van der Waals surface area contributed by atoms with E-state index in [1.54, 1.807) is 60.7 Å². The molecule has 0 fully saturated rings. The van der Waals surface area contributed by atoms with Crippen LogP contribution in [0.1, 0.15) is 11.4 Å². The summed E-state index contributed by atoms with van der Waals surface area (Å²) in [5.41, 5.74) is 2.45. The van der Waals surface area contributed by atoms with Gasteiger partial charge in [-0.3, -0.25) is 24.4 Å². The molecule has 0 aliphatic heterocycles. The Labute approximate surface area is 263 Å². The summed E-state index contributed by atoms with van der Waals surface area (Å²) in [6, 6.07) is 19.8. The Kier molecular flexibility index (Phi) is 9.03. The molecule has 0 saturated carbocycles. The Morgan fingerprint density at radius 1 is 1.00 bits per heavy atom. The fraction of sp³-hybridized carbons (Fsp3) is 0.103. The highest BCUT2D eigenvalue weighted by Crippen LogP contribution is 2.28. The van der Waals surface area contributed by atoms with E-state index in [2.05, 4.69) is 15.4 Å². The van der Waals surface area contributed by atoms with Crippen LogP contribution in [0.5, 0.6) is 5.75 Å². The molecule has 216 valence electrons. The van der Waals surface area contributed by atoms with Gasteiger partial charge in [0.25, 0.3) is 11.1 Å². The molecule has 0 spiro atoms. The third-order valence-corrected chi connectivity index (χ3v) is 7.96. The first-order chi connectivity index (χ1) is 20.7. The zero-order chi connectivity index (χ0) is 30.7. The van der Waals surface area contributed by atoms with E-state index in [1.165, 1.54) is 17.7 Å². The first kappa shape index (κ1) is 30.1. The predicted molar refractivity (Wildman–Crippen MR) is 167 cm³/mol. The SMILES string of the molecule is Cn1c(SCC(=O)Nn2c(COc3ccc(Cl)cc3Cl)nc3ccccc3c2=O)nc(-c2ccc(Cl)cc2)c(C#N)c1=O. The van der Waals surface area contributed by atoms with Crippen LogP contribution in [-0.2, 0) is 18.4 Å². The maximum absolute atomic E-state index is 13.4. The number of thioether (sulfide) groups is 1. The van der Waals surface area contributed by atoms with Crippen molar-refractivity contribution in [2.45, 2.75) is 11.8 Å². The number of carbonyl (C=O) groups is 1. The van der Waals surface area contributed by atoms with E-state index in [4.69, 9.17) is 39.5 Å². The third-order valence-electron chi connectivity index (χ3n) is 6.14. The number of amides is 1. The summed E-state index contributed by atoms with van der Waals surface area (Å²) in [4.78, 5) is 48.5. The van der Waals surface area contributed by atoms with Crippen LogP contribution in [0.2, 0.25) is 15.1 Å². The van der Waals surface area contributed by atoms with Crippen LogP contribution in [0.15, 0.2) is 81.5 Å². The number of hydrogen-bond acceptors (Lipinski definition) is 8. The van der Waals surface area contributed by atoms with Crippen LogP contribution < -0.4 is 21.3 Å². The molecule has 0 atom stereocenters. The lowest BCUT2D eigenvalue weighted by Crippen LogP contribution is -2.37. The zero-order valence-electron chi connectivity index (χ0n) is 22.2. The van der Waals surface area contributed by atoms with Crippen LogP contribution in [0.4, 0.5) is 0 Å². The molecule has 2 heterocycles. The standard InChI is InChI=1S/C29H19Cl3N6O4S/c1-37-27(40)20(13-33)26(16-6-8-17(30)9-7-16)35-29(37)43-15-25(39)36-38-24(14-42-23-11-10-18(31)12-21(23)32)34-22-5-3-2-4-19(22)28(38)41/h2-12H,14-15H2,1H3,(H,36,39). The second-order valence-electron chi connectivity index (χ2n) is 8.97. The minimum atomic E-state index is -0.582. The van der Waals surface area contributed by atoms with Gasteiger partial charge in [-0.15, -0.1) is 0 Å². The van der Waals surface area contributed by atoms with E-state index in [1.807, 2.05) is 6.07 Å². The number of nitriles is 1. The maximum Gasteiger partial charge on any atom is 0.280 e. The molecule has 43 heavy (non-hydrogen) atoms. The van der Waals surface area contributed by atoms with Crippen molar-refractivity contribution in [2.75, 3.05) is 11.2 Å². The Hall–Kier alpha value is -4.34. The number of para-hydroxylation sites is 1. The number of benzene rings is 3. The molecule has 0 aliphatic rings. The first-order valence-corrected chi connectivity index (χ1v) is 14.6. The summed E-state index contributed by atoms with van der Waals surface area (Å²) >= 11 is 19.1. The predicted octanol–water partition coefficient (Wildman–Crippen LogP) is 5.43. The maximum atomic E-state index is 13.4. The molecule has 2 aromatic heterocycles. The number of hydrogen-bond donors (Lipinski definition) is 1. The fourth-order valence-corrected chi connectivity index (χ4v) is 5.39. The number of nitrogens with zero attached hydrogens (tertiary/aromatic N) is 5. The Morgan fingerprint density at radius 2 is 1.72 bits per heavy atom.